The molecular weight excluding hydrogens is 544 g/mol. The first-order valence-electron chi connectivity index (χ1n) is 11.7. The molecule has 2 aromatic carbocycles. The lowest BCUT2D eigenvalue weighted by Crippen LogP contribution is -2.60. The van der Waals surface area contributed by atoms with Crippen molar-refractivity contribution in [2.45, 2.75) is 36.8 Å². The van der Waals surface area contributed by atoms with Gasteiger partial charge in [-0.15, -0.1) is 0 Å². The smallest absolute Gasteiger partial charge is 0.522 e. The first kappa shape index (κ1) is 30.1. The van der Waals surface area contributed by atoms with Gasteiger partial charge in [0.15, 0.2) is 0 Å². The quantitative estimate of drug-likeness (QED) is 0.347. The topological polar surface area (TPSA) is 160 Å². The van der Waals surface area contributed by atoms with E-state index in [1.165, 1.54) is 5.56 Å². The van der Waals surface area contributed by atoms with Gasteiger partial charge in [0.2, 0.25) is 5.91 Å². The maximum Gasteiger partial charge on any atom is 0.522 e. The highest BCUT2D eigenvalue weighted by Crippen LogP contribution is 2.37. The highest BCUT2D eigenvalue weighted by atomic mass is 32.2. The fourth-order valence-corrected chi connectivity index (χ4v) is 4.71. The lowest BCUT2D eigenvalue weighted by Gasteiger charge is -2.40. The standard InChI is InChI=1S/C22H25BN2O6S.C2HF3O2/c24-17(13-32-12-14-4-2-1-3-5-14)21(26)25-10-16(11-25)30-18-7-6-15-8-9-23(29)31-20(15)19(18)22(27)28;3-2(4,5)1(6)7/h1-7,16-17,29H,8-13,24H2,(H,27,28);(H,6,7). The number of thioether (sulfide) groups is 1. The number of carboxylic acids is 2. The van der Waals surface area contributed by atoms with Crippen molar-refractivity contribution in [3.63, 3.8) is 0 Å². The molecule has 0 radical (unpaired) electrons. The van der Waals surface area contributed by atoms with E-state index >= 15 is 0 Å². The average Bonchev–Trinajstić information content (AvgIpc) is 2.85. The Morgan fingerprint density at radius 1 is 1.15 bits per heavy atom. The Balaban J connectivity index is 0.000000532. The van der Waals surface area contributed by atoms with Crippen LogP contribution in [0.3, 0.4) is 0 Å². The highest BCUT2D eigenvalue weighted by Gasteiger charge is 2.38. The van der Waals surface area contributed by atoms with Crippen LogP contribution in [0.2, 0.25) is 6.32 Å². The first-order chi connectivity index (χ1) is 18.4. The van der Waals surface area contributed by atoms with Gasteiger partial charge in [0.1, 0.15) is 23.2 Å². The number of rotatable bonds is 8. The summed E-state index contributed by atoms with van der Waals surface area (Å²) in [5, 5.41) is 26.5. The van der Waals surface area contributed by atoms with E-state index in [1.54, 1.807) is 28.8 Å². The van der Waals surface area contributed by atoms with Crippen molar-refractivity contribution in [3.8, 4) is 11.5 Å². The molecule has 0 saturated carbocycles. The maximum atomic E-state index is 12.6. The Morgan fingerprint density at radius 3 is 2.38 bits per heavy atom. The van der Waals surface area contributed by atoms with Gasteiger partial charge in [0.05, 0.1) is 19.1 Å². The van der Waals surface area contributed by atoms with Gasteiger partial charge in [0.25, 0.3) is 0 Å². The van der Waals surface area contributed by atoms with Crippen LogP contribution < -0.4 is 15.1 Å². The van der Waals surface area contributed by atoms with E-state index < -0.39 is 31.3 Å². The molecule has 0 bridgehead atoms. The highest BCUT2D eigenvalue weighted by molar-refractivity contribution is 7.98. The summed E-state index contributed by atoms with van der Waals surface area (Å²) in [4.78, 5) is 34.9. The largest absolute Gasteiger partial charge is 0.535 e. The zero-order valence-electron chi connectivity index (χ0n) is 20.5. The number of aromatic carboxylic acids is 1. The van der Waals surface area contributed by atoms with Gasteiger partial charge in [-0.25, -0.2) is 9.59 Å². The third-order valence-electron chi connectivity index (χ3n) is 5.75. The molecule has 0 aromatic heterocycles. The summed E-state index contributed by atoms with van der Waals surface area (Å²) < 4.78 is 43.0. The molecule has 39 heavy (non-hydrogen) atoms. The van der Waals surface area contributed by atoms with E-state index in [0.29, 0.717) is 31.6 Å². The molecule has 1 amide bonds. The number of halogens is 3. The fraction of sp³-hybridized carbons (Fsp3) is 0.375. The minimum atomic E-state index is -5.08. The summed E-state index contributed by atoms with van der Waals surface area (Å²) in [7, 11) is -1.03. The van der Waals surface area contributed by atoms with Crippen LogP contribution in [0.1, 0.15) is 21.5 Å². The van der Waals surface area contributed by atoms with E-state index in [9.17, 15) is 32.9 Å². The molecular formula is C24H26BF3N2O8S. The van der Waals surface area contributed by atoms with Gasteiger partial charge >= 0.3 is 25.2 Å². The number of alkyl halides is 3. The van der Waals surface area contributed by atoms with Crippen molar-refractivity contribution in [2.24, 2.45) is 5.73 Å². The Morgan fingerprint density at radius 2 is 1.79 bits per heavy atom. The Hall–Kier alpha value is -3.43. The number of nitrogens with two attached hydrogens (primary N) is 1. The van der Waals surface area contributed by atoms with Crippen LogP contribution in [-0.2, 0) is 21.8 Å². The number of hydrogen-bond donors (Lipinski definition) is 4. The first-order valence-corrected chi connectivity index (χ1v) is 12.9. The summed E-state index contributed by atoms with van der Waals surface area (Å²) in [5.41, 5.74) is 7.89. The fourth-order valence-electron chi connectivity index (χ4n) is 3.77. The molecule has 1 saturated heterocycles. The predicted molar refractivity (Wildman–Crippen MR) is 136 cm³/mol. The SMILES string of the molecule is NC(CSCc1ccccc1)C(=O)N1CC(Oc2ccc3c(c2C(=O)O)OB(O)CC3)C1.O=C(O)C(F)(F)F. The molecule has 10 nitrogen and oxygen atoms in total. The number of benzene rings is 2. The van der Waals surface area contributed by atoms with Crippen molar-refractivity contribution in [3.05, 3.63) is 59.2 Å². The number of aryl methyl sites for hydroxylation is 1. The molecule has 15 heteroatoms. The Bertz CT molecular complexity index is 1180. The predicted octanol–water partition coefficient (Wildman–Crippen LogP) is 2.28. The molecule has 5 N–H and O–H groups in total. The number of carbonyl (C=O) groups excluding carboxylic acids is 1. The summed E-state index contributed by atoms with van der Waals surface area (Å²) in [6.07, 6.45) is -4.47. The molecule has 0 aliphatic carbocycles. The summed E-state index contributed by atoms with van der Waals surface area (Å²) >= 11 is 1.61. The number of aliphatic carboxylic acids is 1. The summed E-state index contributed by atoms with van der Waals surface area (Å²) in [5.74, 6) is -2.45. The minimum Gasteiger partial charge on any atom is -0.535 e. The van der Waals surface area contributed by atoms with Crippen LogP contribution in [0.5, 0.6) is 11.5 Å². The number of ether oxygens (including phenoxy) is 1. The number of fused-ring (bicyclic) bond motifs is 1. The van der Waals surface area contributed by atoms with Gasteiger partial charge in [-0.05, 0) is 29.9 Å². The second-order valence-corrected chi connectivity index (χ2v) is 9.77. The van der Waals surface area contributed by atoms with E-state index in [0.717, 1.165) is 11.3 Å². The lowest BCUT2D eigenvalue weighted by atomic mass is 9.78. The van der Waals surface area contributed by atoms with Crippen LogP contribution in [0.25, 0.3) is 0 Å². The lowest BCUT2D eigenvalue weighted by molar-refractivity contribution is -0.192. The third kappa shape index (κ3) is 8.28. The van der Waals surface area contributed by atoms with Crippen LogP contribution in [0.15, 0.2) is 42.5 Å². The molecule has 2 heterocycles. The van der Waals surface area contributed by atoms with E-state index in [-0.39, 0.29) is 29.1 Å². The number of carbonyl (C=O) groups is 3. The Labute approximate surface area is 226 Å². The molecule has 210 valence electrons. The van der Waals surface area contributed by atoms with E-state index in [1.807, 2.05) is 30.3 Å². The van der Waals surface area contributed by atoms with Crippen molar-refractivity contribution in [1.82, 2.24) is 4.90 Å². The monoisotopic (exact) mass is 570 g/mol. The van der Waals surface area contributed by atoms with Gasteiger partial charge < -0.3 is 35.3 Å². The molecule has 4 rings (SSSR count). The second kappa shape index (κ2) is 13.1. The minimum absolute atomic E-state index is 0.0972. The normalized spacial score (nSPS) is 15.6. The van der Waals surface area contributed by atoms with Gasteiger partial charge in [-0.3, -0.25) is 4.79 Å². The average molecular weight is 570 g/mol. The van der Waals surface area contributed by atoms with Crippen LogP contribution >= 0.6 is 11.8 Å². The van der Waals surface area contributed by atoms with Gasteiger partial charge in [-0.2, -0.15) is 24.9 Å². The van der Waals surface area contributed by atoms with Crippen LogP contribution in [0.4, 0.5) is 13.2 Å². The van der Waals surface area contributed by atoms with Crippen molar-refractivity contribution < 1.29 is 52.2 Å². The van der Waals surface area contributed by atoms with Crippen molar-refractivity contribution in [2.75, 3.05) is 18.8 Å². The number of likely N-dealkylation sites (tertiary alicyclic amines) is 1. The second-order valence-electron chi connectivity index (χ2n) is 8.74. The zero-order chi connectivity index (χ0) is 28.7. The number of hydrogen-bond acceptors (Lipinski definition) is 8. The number of amides is 1. The van der Waals surface area contributed by atoms with E-state index in [4.69, 9.17) is 25.0 Å². The van der Waals surface area contributed by atoms with Gasteiger partial charge in [-0.1, -0.05) is 36.4 Å². The van der Waals surface area contributed by atoms with Crippen LogP contribution in [0, 0.1) is 0 Å². The van der Waals surface area contributed by atoms with Crippen molar-refractivity contribution in [1.29, 1.82) is 0 Å². The molecule has 1 unspecified atom stereocenters. The molecule has 1 fully saturated rings. The zero-order valence-corrected chi connectivity index (χ0v) is 21.3. The third-order valence-corrected chi connectivity index (χ3v) is 6.88. The summed E-state index contributed by atoms with van der Waals surface area (Å²) in [6.45, 7) is 0.686. The Kier molecular flexibility index (Phi) is 10.1. The van der Waals surface area contributed by atoms with Crippen molar-refractivity contribution >= 4 is 36.7 Å². The van der Waals surface area contributed by atoms with Gasteiger partial charge in [0, 0.05) is 11.5 Å². The summed E-state index contributed by atoms with van der Waals surface area (Å²) in [6, 6.07) is 12.8. The maximum absolute atomic E-state index is 12.6. The molecule has 2 aromatic rings. The van der Waals surface area contributed by atoms with E-state index in [2.05, 4.69) is 0 Å². The molecule has 2 aliphatic heterocycles. The molecule has 2 aliphatic rings. The van der Waals surface area contributed by atoms with Crippen LogP contribution in [-0.4, -0.2) is 82.3 Å². The molecule has 1 atom stereocenters. The number of carboxylic acid groups (broad SMARTS) is 2. The molecule has 0 spiro atoms. The number of nitrogens with zero attached hydrogens (tertiary/aromatic N) is 1.